The van der Waals surface area contributed by atoms with Crippen LogP contribution in [0.25, 0.3) is 0 Å². The van der Waals surface area contributed by atoms with E-state index in [1.54, 1.807) is 6.92 Å². The summed E-state index contributed by atoms with van der Waals surface area (Å²) >= 11 is 0. The summed E-state index contributed by atoms with van der Waals surface area (Å²) in [7, 11) is 1.99. The van der Waals surface area contributed by atoms with Crippen molar-refractivity contribution in [3.05, 3.63) is 54.1 Å². The van der Waals surface area contributed by atoms with Crippen LogP contribution in [0.3, 0.4) is 0 Å². The molecule has 2 aromatic rings. The highest BCUT2D eigenvalue weighted by Crippen LogP contribution is 2.31. The zero-order valence-corrected chi connectivity index (χ0v) is 24.8. The molecule has 212 valence electrons. The fourth-order valence-corrected chi connectivity index (χ4v) is 4.18. The molecule has 7 nitrogen and oxygen atoms in total. The minimum Gasteiger partial charge on any atom is -0.464 e. The molecule has 0 aliphatic rings. The average molecular weight is 530 g/mol. The van der Waals surface area contributed by atoms with Gasteiger partial charge in [-0.2, -0.15) is 0 Å². The standard InChI is InChI=1S/C31H49N2O5/c1-9-17-31(7,12-4)38-23-30(6,22-37-27(34)29(5,10-2)11-3)28(35)36-21-26-15-13-25(14-16-26)20-33-19-18-32(8)24-33/h13-16,18-19,24H,9-12,17,20-23H2,1-8H3/q+1. The highest BCUT2D eigenvalue weighted by atomic mass is 16.6. The quantitative estimate of drug-likeness (QED) is 0.204. The van der Waals surface area contributed by atoms with E-state index in [2.05, 4.69) is 25.3 Å². The summed E-state index contributed by atoms with van der Waals surface area (Å²) < 4.78 is 21.9. The topological polar surface area (TPSA) is 70.6 Å². The Kier molecular flexibility index (Phi) is 11.6. The molecule has 1 heterocycles. The monoisotopic (exact) mass is 529 g/mol. The van der Waals surface area contributed by atoms with Crippen LogP contribution in [0, 0.1) is 10.8 Å². The summed E-state index contributed by atoms with van der Waals surface area (Å²) in [6.07, 6.45) is 10.1. The molecule has 38 heavy (non-hydrogen) atoms. The highest BCUT2D eigenvalue weighted by Gasteiger charge is 2.41. The number of hydrogen-bond acceptors (Lipinski definition) is 5. The number of esters is 2. The van der Waals surface area contributed by atoms with Gasteiger partial charge in [0.05, 0.1) is 24.7 Å². The molecular weight excluding hydrogens is 480 g/mol. The van der Waals surface area contributed by atoms with E-state index in [0.29, 0.717) is 12.8 Å². The van der Waals surface area contributed by atoms with Crippen LogP contribution in [0.5, 0.6) is 0 Å². The van der Waals surface area contributed by atoms with Crippen molar-refractivity contribution in [2.24, 2.45) is 17.9 Å². The van der Waals surface area contributed by atoms with E-state index < -0.39 is 16.8 Å². The lowest BCUT2D eigenvalue weighted by atomic mass is 9.84. The predicted octanol–water partition coefficient (Wildman–Crippen LogP) is 5.77. The van der Waals surface area contributed by atoms with Crippen LogP contribution >= 0.6 is 0 Å². The van der Waals surface area contributed by atoms with Crippen molar-refractivity contribution in [1.29, 1.82) is 0 Å². The molecule has 2 unspecified atom stereocenters. The lowest BCUT2D eigenvalue weighted by molar-refractivity contribution is -0.671. The van der Waals surface area contributed by atoms with Gasteiger partial charge >= 0.3 is 11.9 Å². The van der Waals surface area contributed by atoms with Crippen LogP contribution in [-0.2, 0) is 44.0 Å². The summed E-state index contributed by atoms with van der Waals surface area (Å²) in [4.78, 5) is 26.3. The number of benzene rings is 1. The van der Waals surface area contributed by atoms with Crippen LogP contribution in [0.15, 0.2) is 43.0 Å². The van der Waals surface area contributed by atoms with Crippen molar-refractivity contribution in [3.8, 4) is 0 Å². The summed E-state index contributed by atoms with van der Waals surface area (Å²) in [5.41, 5.74) is 0.00632. The van der Waals surface area contributed by atoms with Crippen LogP contribution in [0.2, 0.25) is 0 Å². The smallest absolute Gasteiger partial charge is 0.317 e. The Morgan fingerprint density at radius 1 is 0.842 bits per heavy atom. The van der Waals surface area contributed by atoms with Gasteiger partial charge < -0.3 is 14.2 Å². The molecule has 1 aromatic carbocycles. The predicted molar refractivity (Wildman–Crippen MR) is 148 cm³/mol. The zero-order valence-electron chi connectivity index (χ0n) is 24.8. The second kappa shape index (κ2) is 13.9. The summed E-state index contributed by atoms with van der Waals surface area (Å²) in [5, 5.41) is 0. The average Bonchev–Trinajstić information content (AvgIpc) is 3.33. The lowest BCUT2D eigenvalue weighted by Crippen LogP contribution is -2.44. The van der Waals surface area contributed by atoms with E-state index in [-0.39, 0.29) is 31.4 Å². The fraction of sp³-hybridized carbons (Fsp3) is 0.645. The van der Waals surface area contributed by atoms with E-state index in [9.17, 15) is 9.59 Å². The van der Waals surface area contributed by atoms with Gasteiger partial charge in [-0.05, 0) is 57.6 Å². The molecule has 0 N–H and O–H groups in total. The molecule has 0 aliphatic carbocycles. The number of nitrogens with zero attached hydrogens (tertiary/aromatic N) is 2. The highest BCUT2D eigenvalue weighted by molar-refractivity contribution is 5.79. The molecular formula is C31H49N2O5+. The van der Waals surface area contributed by atoms with E-state index in [4.69, 9.17) is 14.2 Å². The Hall–Kier alpha value is -2.67. The molecule has 0 bridgehead atoms. The molecule has 0 amide bonds. The maximum absolute atomic E-state index is 13.4. The van der Waals surface area contributed by atoms with Crippen molar-refractivity contribution < 1.29 is 28.4 Å². The Bertz CT molecular complexity index is 1030. The molecule has 2 atom stereocenters. The van der Waals surface area contributed by atoms with Crippen molar-refractivity contribution in [1.82, 2.24) is 4.57 Å². The van der Waals surface area contributed by atoms with E-state index in [1.807, 2.05) is 75.4 Å². The van der Waals surface area contributed by atoms with E-state index in [0.717, 1.165) is 36.9 Å². The van der Waals surface area contributed by atoms with Gasteiger partial charge in [-0.25, -0.2) is 9.13 Å². The largest absolute Gasteiger partial charge is 0.464 e. The summed E-state index contributed by atoms with van der Waals surface area (Å²) in [6.45, 7) is 14.8. The second-order valence-electron chi connectivity index (χ2n) is 11.4. The van der Waals surface area contributed by atoms with E-state index >= 15 is 0 Å². The van der Waals surface area contributed by atoms with Crippen molar-refractivity contribution in [2.75, 3.05) is 13.2 Å². The lowest BCUT2D eigenvalue weighted by Gasteiger charge is -2.35. The van der Waals surface area contributed by atoms with Gasteiger partial charge in [0.25, 0.3) is 0 Å². The SMILES string of the molecule is CCCC(C)(CC)OCC(C)(COC(=O)C(C)(CC)CC)C(=O)OCc1ccc(Cn2cc[n+](C)c2)cc1. The normalized spacial score (nSPS) is 14.9. The number of carbonyl (C=O) groups excluding carboxylic acids is 2. The Balaban J connectivity index is 2.09. The Morgan fingerprint density at radius 3 is 1.97 bits per heavy atom. The maximum atomic E-state index is 13.4. The van der Waals surface area contributed by atoms with Crippen molar-refractivity contribution in [2.45, 2.75) is 99.3 Å². The summed E-state index contributed by atoms with van der Waals surface area (Å²) in [5.74, 6) is -0.723. The first-order valence-electron chi connectivity index (χ1n) is 14.0. The first kappa shape index (κ1) is 31.5. The van der Waals surface area contributed by atoms with Crippen LogP contribution in [-0.4, -0.2) is 35.3 Å². The zero-order chi connectivity index (χ0) is 28.4. The Labute approximate surface area is 229 Å². The minimum atomic E-state index is -1.12. The maximum Gasteiger partial charge on any atom is 0.317 e. The van der Waals surface area contributed by atoms with Gasteiger partial charge in [-0.1, -0.05) is 58.4 Å². The van der Waals surface area contributed by atoms with Crippen molar-refractivity contribution >= 4 is 11.9 Å². The van der Waals surface area contributed by atoms with Gasteiger partial charge in [0.2, 0.25) is 6.33 Å². The second-order valence-corrected chi connectivity index (χ2v) is 11.4. The first-order valence-corrected chi connectivity index (χ1v) is 14.0. The molecule has 0 saturated carbocycles. The van der Waals surface area contributed by atoms with Gasteiger partial charge in [0.15, 0.2) is 0 Å². The number of rotatable bonds is 16. The molecule has 7 heteroatoms. The Morgan fingerprint density at radius 2 is 1.45 bits per heavy atom. The van der Waals surface area contributed by atoms with Gasteiger partial charge in [0.1, 0.15) is 37.6 Å². The molecule has 0 radical (unpaired) electrons. The van der Waals surface area contributed by atoms with Gasteiger partial charge in [-0.3, -0.25) is 9.59 Å². The number of ether oxygens (including phenoxy) is 3. The van der Waals surface area contributed by atoms with Crippen LogP contribution in [0.4, 0.5) is 0 Å². The number of aryl methyl sites for hydroxylation is 1. The van der Waals surface area contributed by atoms with Crippen LogP contribution < -0.4 is 4.57 Å². The molecule has 0 spiro atoms. The third-order valence-corrected chi connectivity index (χ3v) is 7.92. The summed E-state index contributed by atoms with van der Waals surface area (Å²) in [6, 6.07) is 8.04. The molecule has 0 fully saturated rings. The van der Waals surface area contributed by atoms with Crippen molar-refractivity contribution in [3.63, 3.8) is 0 Å². The third kappa shape index (κ3) is 8.69. The van der Waals surface area contributed by atoms with Crippen LogP contribution in [0.1, 0.15) is 91.7 Å². The molecule has 1 aromatic heterocycles. The number of aromatic nitrogens is 2. The number of hydrogen-bond donors (Lipinski definition) is 0. The molecule has 0 saturated heterocycles. The molecule has 0 aliphatic heterocycles. The van der Waals surface area contributed by atoms with Gasteiger partial charge in [-0.15, -0.1) is 0 Å². The first-order chi connectivity index (χ1) is 17.9. The third-order valence-electron chi connectivity index (χ3n) is 7.92. The fourth-order valence-electron chi connectivity index (χ4n) is 4.18. The molecule has 2 rings (SSSR count). The van der Waals surface area contributed by atoms with E-state index in [1.165, 1.54) is 0 Å². The minimum absolute atomic E-state index is 0.0839. The van der Waals surface area contributed by atoms with Gasteiger partial charge in [0, 0.05) is 0 Å². The number of carbonyl (C=O) groups is 2. The number of imidazole rings is 1.